The molecule has 4 rings (SSSR count). The van der Waals surface area contributed by atoms with E-state index in [-0.39, 0.29) is 5.41 Å². The minimum Gasteiger partial charge on any atom is -0.0767 e. The second-order valence-electron chi connectivity index (χ2n) is 9.37. The molecule has 0 heterocycles. The molecule has 0 amide bonds. The predicted molar refractivity (Wildman–Crippen MR) is 136 cm³/mol. The SMILES string of the molecule is CCCC/C=C(\C=C(/C)c1ccccc1C)c1ccc2c(c1)C(C)(C)c1ccccc1-2. The molecule has 0 radical (unpaired) electrons. The van der Waals surface area contributed by atoms with E-state index in [1.807, 2.05) is 0 Å². The van der Waals surface area contributed by atoms with Crippen LogP contribution in [0.4, 0.5) is 0 Å². The number of benzene rings is 3. The summed E-state index contributed by atoms with van der Waals surface area (Å²) in [5.74, 6) is 0. The average Bonchev–Trinajstić information content (AvgIpc) is 3.00. The van der Waals surface area contributed by atoms with E-state index in [9.17, 15) is 0 Å². The zero-order chi connectivity index (χ0) is 22.0. The highest BCUT2D eigenvalue weighted by Gasteiger charge is 2.35. The van der Waals surface area contributed by atoms with Crippen molar-refractivity contribution in [2.45, 2.75) is 59.3 Å². The van der Waals surface area contributed by atoms with Crippen LogP contribution in [0.3, 0.4) is 0 Å². The number of aryl methyl sites for hydroxylation is 1. The number of fused-ring (bicyclic) bond motifs is 3. The second-order valence-corrected chi connectivity index (χ2v) is 9.37. The van der Waals surface area contributed by atoms with Gasteiger partial charge in [-0.3, -0.25) is 0 Å². The first kappa shape index (κ1) is 21.4. The van der Waals surface area contributed by atoms with Gasteiger partial charge in [0.15, 0.2) is 0 Å². The monoisotopic (exact) mass is 406 g/mol. The minimum absolute atomic E-state index is 0.0330. The smallest absolute Gasteiger partial charge is 0.0159 e. The Labute approximate surface area is 188 Å². The molecule has 0 saturated heterocycles. The van der Waals surface area contributed by atoms with Gasteiger partial charge in [-0.2, -0.15) is 0 Å². The molecule has 1 aliphatic rings. The molecule has 1 aliphatic carbocycles. The lowest BCUT2D eigenvalue weighted by Gasteiger charge is -2.22. The van der Waals surface area contributed by atoms with Gasteiger partial charge in [0.1, 0.15) is 0 Å². The first-order valence-electron chi connectivity index (χ1n) is 11.6. The Morgan fingerprint density at radius 2 is 1.58 bits per heavy atom. The maximum absolute atomic E-state index is 2.44. The molecule has 0 aromatic heterocycles. The Morgan fingerprint density at radius 1 is 0.871 bits per heavy atom. The van der Waals surface area contributed by atoms with Crippen LogP contribution < -0.4 is 0 Å². The first-order valence-corrected chi connectivity index (χ1v) is 11.6. The molecular weight excluding hydrogens is 372 g/mol. The van der Waals surface area contributed by atoms with Crippen molar-refractivity contribution in [2.75, 3.05) is 0 Å². The summed E-state index contributed by atoms with van der Waals surface area (Å²) in [5.41, 5.74) is 12.3. The van der Waals surface area contributed by atoms with E-state index >= 15 is 0 Å². The highest BCUT2D eigenvalue weighted by atomic mass is 14.4. The molecule has 0 unspecified atom stereocenters. The highest BCUT2D eigenvalue weighted by molar-refractivity contribution is 5.87. The minimum atomic E-state index is 0.0330. The second kappa shape index (κ2) is 8.71. The fourth-order valence-corrected chi connectivity index (χ4v) is 4.93. The maximum atomic E-state index is 2.44. The predicted octanol–water partition coefficient (Wildman–Crippen LogP) is 8.98. The Morgan fingerprint density at radius 3 is 2.35 bits per heavy atom. The third-order valence-corrected chi connectivity index (χ3v) is 6.78. The van der Waals surface area contributed by atoms with Crippen molar-refractivity contribution in [1.29, 1.82) is 0 Å². The summed E-state index contributed by atoms with van der Waals surface area (Å²) in [5, 5.41) is 0. The van der Waals surface area contributed by atoms with Crippen LogP contribution in [0.1, 0.15) is 74.8 Å². The van der Waals surface area contributed by atoms with Gasteiger partial charge in [0.25, 0.3) is 0 Å². The summed E-state index contributed by atoms with van der Waals surface area (Å²) in [7, 11) is 0. The fraction of sp³-hybridized carbons (Fsp3) is 0.290. The largest absolute Gasteiger partial charge is 0.0767 e. The van der Waals surface area contributed by atoms with Gasteiger partial charge >= 0.3 is 0 Å². The van der Waals surface area contributed by atoms with E-state index in [1.54, 1.807) is 0 Å². The van der Waals surface area contributed by atoms with E-state index in [0.29, 0.717) is 0 Å². The van der Waals surface area contributed by atoms with Gasteiger partial charge in [-0.1, -0.05) is 106 Å². The highest BCUT2D eigenvalue weighted by Crippen LogP contribution is 2.49. The van der Waals surface area contributed by atoms with Gasteiger partial charge in [0.05, 0.1) is 0 Å². The molecule has 0 heteroatoms. The lowest BCUT2D eigenvalue weighted by Crippen LogP contribution is -2.15. The molecule has 0 nitrogen and oxygen atoms in total. The normalized spacial score (nSPS) is 15.0. The maximum Gasteiger partial charge on any atom is 0.0159 e. The Balaban J connectivity index is 1.79. The quantitative estimate of drug-likeness (QED) is 0.283. The van der Waals surface area contributed by atoms with Crippen LogP contribution >= 0.6 is 0 Å². The molecule has 0 N–H and O–H groups in total. The summed E-state index contributed by atoms with van der Waals surface area (Å²) in [6, 6.07) is 24.6. The van der Waals surface area contributed by atoms with Gasteiger partial charge in [-0.25, -0.2) is 0 Å². The molecule has 3 aromatic carbocycles. The van der Waals surface area contributed by atoms with E-state index < -0.39 is 0 Å². The van der Waals surface area contributed by atoms with Crippen LogP contribution in [0, 0.1) is 6.92 Å². The Hall–Kier alpha value is -2.86. The topological polar surface area (TPSA) is 0 Å². The van der Waals surface area contributed by atoms with Crippen molar-refractivity contribution in [2.24, 2.45) is 0 Å². The van der Waals surface area contributed by atoms with Crippen LogP contribution in [0.25, 0.3) is 22.3 Å². The van der Waals surface area contributed by atoms with Crippen LogP contribution in [0.15, 0.2) is 78.9 Å². The van der Waals surface area contributed by atoms with Crippen molar-refractivity contribution in [1.82, 2.24) is 0 Å². The van der Waals surface area contributed by atoms with Crippen LogP contribution in [-0.4, -0.2) is 0 Å². The van der Waals surface area contributed by atoms with Gasteiger partial charge in [0.2, 0.25) is 0 Å². The summed E-state index contributed by atoms with van der Waals surface area (Å²) >= 11 is 0. The van der Waals surface area contributed by atoms with Gasteiger partial charge in [-0.15, -0.1) is 0 Å². The van der Waals surface area contributed by atoms with Crippen LogP contribution in [0.2, 0.25) is 0 Å². The third-order valence-electron chi connectivity index (χ3n) is 6.78. The third kappa shape index (κ3) is 4.04. The summed E-state index contributed by atoms with van der Waals surface area (Å²) in [6.07, 6.45) is 8.38. The van der Waals surface area contributed by atoms with Crippen molar-refractivity contribution in [3.8, 4) is 11.1 Å². The molecule has 0 fully saturated rings. The molecule has 0 atom stereocenters. The lowest BCUT2D eigenvalue weighted by atomic mass is 9.81. The van der Waals surface area contributed by atoms with Gasteiger partial charge in [0, 0.05) is 5.41 Å². The molecule has 0 saturated carbocycles. The van der Waals surface area contributed by atoms with Gasteiger partial charge < -0.3 is 0 Å². The number of hydrogen-bond donors (Lipinski definition) is 0. The van der Waals surface area contributed by atoms with Crippen LogP contribution in [0.5, 0.6) is 0 Å². The van der Waals surface area contributed by atoms with Crippen molar-refractivity contribution in [3.63, 3.8) is 0 Å². The Bertz CT molecular complexity index is 1150. The fourth-order valence-electron chi connectivity index (χ4n) is 4.93. The molecule has 0 bridgehead atoms. The number of unbranched alkanes of at least 4 members (excludes halogenated alkanes) is 2. The number of hydrogen-bond acceptors (Lipinski definition) is 0. The van der Waals surface area contributed by atoms with E-state index in [4.69, 9.17) is 0 Å². The molecule has 0 aliphatic heterocycles. The molecule has 31 heavy (non-hydrogen) atoms. The summed E-state index contributed by atoms with van der Waals surface area (Å²) < 4.78 is 0. The van der Waals surface area contributed by atoms with Crippen LogP contribution in [-0.2, 0) is 5.41 Å². The molecule has 158 valence electrons. The molecule has 3 aromatic rings. The average molecular weight is 407 g/mol. The summed E-state index contributed by atoms with van der Waals surface area (Å²) in [6.45, 7) is 11.4. The van der Waals surface area contributed by atoms with Crippen molar-refractivity contribution < 1.29 is 0 Å². The van der Waals surface area contributed by atoms with E-state index in [1.165, 1.54) is 62.9 Å². The molecule has 0 spiro atoms. The standard InChI is InChI=1S/C31H34/c1-6-7-8-14-24(20-23(3)26-15-10-9-13-22(26)2)25-18-19-28-27-16-11-12-17-29(27)31(4,5)30(28)21-25/h9-21H,6-8H2,1-5H3/b23-20+,24-14+. The zero-order valence-corrected chi connectivity index (χ0v) is 19.6. The van der Waals surface area contributed by atoms with E-state index in [2.05, 4.69) is 114 Å². The van der Waals surface area contributed by atoms with Gasteiger partial charge in [-0.05, 0) is 76.4 Å². The Kier molecular flexibility index (Phi) is 6.01. The number of allylic oxidation sites excluding steroid dienone is 4. The lowest BCUT2D eigenvalue weighted by molar-refractivity contribution is 0.660. The zero-order valence-electron chi connectivity index (χ0n) is 19.6. The van der Waals surface area contributed by atoms with E-state index in [0.717, 1.165) is 6.42 Å². The summed E-state index contributed by atoms with van der Waals surface area (Å²) in [4.78, 5) is 0. The van der Waals surface area contributed by atoms with Crippen molar-refractivity contribution in [3.05, 3.63) is 107 Å². The molecular formula is C31H34. The first-order chi connectivity index (χ1) is 14.9. The van der Waals surface area contributed by atoms with Crippen molar-refractivity contribution >= 4 is 11.1 Å². The number of rotatable bonds is 6.